The highest BCUT2D eigenvalue weighted by molar-refractivity contribution is 7.10. The number of amides is 1. The number of carbonyl (C=O) groups is 1. The van der Waals surface area contributed by atoms with Gasteiger partial charge in [0.1, 0.15) is 0 Å². The Morgan fingerprint density at radius 1 is 1.48 bits per heavy atom. The Morgan fingerprint density at radius 2 is 2.43 bits per heavy atom. The van der Waals surface area contributed by atoms with Crippen molar-refractivity contribution in [3.63, 3.8) is 0 Å². The third kappa shape index (κ3) is 3.05. The van der Waals surface area contributed by atoms with E-state index in [9.17, 15) is 4.79 Å². The normalized spacial score (nSPS) is 24.4. The number of thiophene rings is 1. The van der Waals surface area contributed by atoms with E-state index in [2.05, 4.69) is 21.6 Å². The van der Waals surface area contributed by atoms with E-state index < -0.39 is 0 Å². The van der Waals surface area contributed by atoms with Crippen LogP contribution < -0.4 is 0 Å². The average Bonchev–Trinajstić information content (AvgIpc) is 3.27. The Balaban J connectivity index is 1.42. The molecule has 2 aromatic heterocycles. The predicted octanol–water partition coefficient (Wildman–Crippen LogP) is 2.88. The number of fused-ring (bicyclic) bond motifs is 1. The number of carbonyl (C=O) groups excluding carboxylic acids is 1. The van der Waals surface area contributed by atoms with E-state index in [0.29, 0.717) is 12.3 Å². The first-order chi connectivity index (χ1) is 11.3. The third-order valence-electron chi connectivity index (χ3n) is 4.87. The van der Waals surface area contributed by atoms with Crippen molar-refractivity contribution in [2.24, 2.45) is 0 Å². The fraction of sp³-hybridized carbons (Fsp3) is 0.529. The Bertz CT molecular complexity index is 667. The molecule has 0 unspecified atom stereocenters. The van der Waals surface area contributed by atoms with Gasteiger partial charge in [0.15, 0.2) is 0 Å². The molecule has 1 fully saturated rings. The molecule has 5 nitrogen and oxygen atoms in total. The third-order valence-corrected chi connectivity index (χ3v) is 5.87. The molecule has 1 amide bonds. The summed E-state index contributed by atoms with van der Waals surface area (Å²) in [5.74, 6) is 0.581. The van der Waals surface area contributed by atoms with Gasteiger partial charge in [0, 0.05) is 42.2 Å². The fourth-order valence-electron chi connectivity index (χ4n) is 3.63. The van der Waals surface area contributed by atoms with Crippen molar-refractivity contribution in [3.8, 4) is 0 Å². The van der Waals surface area contributed by atoms with Crippen molar-refractivity contribution in [1.29, 1.82) is 0 Å². The second kappa shape index (κ2) is 6.45. The van der Waals surface area contributed by atoms with Crippen LogP contribution in [0.2, 0.25) is 0 Å². The first-order valence-electron chi connectivity index (χ1n) is 8.26. The lowest BCUT2D eigenvalue weighted by atomic mass is 9.94. The molecule has 2 aliphatic rings. The van der Waals surface area contributed by atoms with Gasteiger partial charge in [-0.05, 0) is 35.9 Å². The van der Waals surface area contributed by atoms with Crippen LogP contribution in [0.15, 0.2) is 23.7 Å². The number of rotatable bonds is 3. The zero-order valence-corrected chi connectivity index (χ0v) is 13.8. The monoisotopic (exact) mass is 331 g/mol. The lowest BCUT2D eigenvalue weighted by Crippen LogP contribution is -2.40. The first kappa shape index (κ1) is 14.9. The summed E-state index contributed by atoms with van der Waals surface area (Å²) in [6.07, 6.45) is 5.31. The summed E-state index contributed by atoms with van der Waals surface area (Å²) in [4.78, 5) is 16.1. The Hall–Kier alpha value is -1.66. The van der Waals surface area contributed by atoms with Crippen LogP contribution in [0.3, 0.4) is 0 Å². The van der Waals surface area contributed by atoms with Crippen molar-refractivity contribution in [1.82, 2.24) is 15.1 Å². The van der Waals surface area contributed by atoms with E-state index in [1.165, 1.54) is 10.4 Å². The molecule has 1 N–H and O–H groups in total. The SMILES string of the molecule is O=C(C[C@@H]1OCCc2sccc21)N1CCC[C@@H](c2ccn[nH]2)C1. The van der Waals surface area contributed by atoms with Crippen LogP contribution in [0, 0.1) is 0 Å². The topological polar surface area (TPSA) is 58.2 Å². The molecule has 4 rings (SSSR count). The molecule has 0 radical (unpaired) electrons. The van der Waals surface area contributed by atoms with Crippen LogP contribution >= 0.6 is 11.3 Å². The molecule has 1 saturated heterocycles. The molecule has 6 heteroatoms. The van der Waals surface area contributed by atoms with Crippen molar-refractivity contribution in [2.45, 2.75) is 37.7 Å². The number of nitrogens with zero attached hydrogens (tertiary/aromatic N) is 2. The minimum atomic E-state index is -0.0648. The number of hydrogen-bond acceptors (Lipinski definition) is 4. The van der Waals surface area contributed by atoms with E-state index in [1.807, 2.05) is 11.0 Å². The van der Waals surface area contributed by atoms with Gasteiger partial charge in [-0.15, -0.1) is 11.3 Å². The molecule has 122 valence electrons. The van der Waals surface area contributed by atoms with Gasteiger partial charge in [-0.2, -0.15) is 5.10 Å². The average molecular weight is 331 g/mol. The lowest BCUT2D eigenvalue weighted by molar-refractivity contribution is -0.135. The van der Waals surface area contributed by atoms with Crippen molar-refractivity contribution >= 4 is 17.2 Å². The molecule has 23 heavy (non-hydrogen) atoms. The summed E-state index contributed by atoms with van der Waals surface area (Å²) < 4.78 is 5.87. The molecule has 4 heterocycles. The number of nitrogens with one attached hydrogen (secondary N) is 1. The molecule has 2 atom stereocenters. The second-order valence-corrected chi connectivity index (χ2v) is 7.30. The maximum atomic E-state index is 12.7. The van der Waals surface area contributed by atoms with Gasteiger partial charge in [-0.25, -0.2) is 0 Å². The highest BCUT2D eigenvalue weighted by atomic mass is 32.1. The first-order valence-corrected chi connectivity index (χ1v) is 9.14. The van der Waals surface area contributed by atoms with Crippen molar-refractivity contribution < 1.29 is 9.53 Å². The maximum Gasteiger partial charge on any atom is 0.225 e. The Morgan fingerprint density at radius 3 is 3.30 bits per heavy atom. The summed E-state index contributed by atoms with van der Waals surface area (Å²) in [6.45, 7) is 2.36. The van der Waals surface area contributed by atoms with Crippen LogP contribution in [-0.2, 0) is 16.0 Å². The summed E-state index contributed by atoms with van der Waals surface area (Å²) in [5.41, 5.74) is 2.35. The smallest absolute Gasteiger partial charge is 0.225 e. The van der Waals surface area contributed by atoms with Gasteiger partial charge in [0.05, 0.1) is 19.1 Å². The molecule has 2 aromatic rings. The summed E-state index contributed by atoms with van der Waals surface area (Å²) in [6, 6.07) is 4.13. The molecule has 0 bridgehead atoms. The number of aromatic amines is 1. The number of H-pyrrole nitrogens is 1. The minimum absolute atomic E-state index is 0.0648. The largest absolute Gasteiger partial charge is 0.373 e. The summed E-state index contributed by atoms with van der Waals surface area (Å²) >= 11 is 1.77. The van der Waals surface area contributed by atoms with E-state index in [1.54, 1.807) is 17.5 Å². The number of hydrogen-bond donors (Lipinski definition) is 1. The van der Waals surface area contributed by atoms with Gasteiger partial charge in [0.2, 0.25) is 5.91 Å². The van der Waals surface area contributed by atoms with Gasteiger partial charge in [-0.3, -0.25) is 9.89 Å². The predicted molar refractivity (Wildman–Crippen MR) is 88.5 cm³/mol. The molecule has 0 aliphatic carbocycles. The van der Waals surface area contributed by atoms with Crippen LogP contribution in [0.5, 0.6) is 0 Å². The van der Waals surface area contributed by atoms with E-state index in [0.717, 1.165) is 44.7 Å². The van der Waals surface area contributed by atoms with Crippen LogP contribution in [-0.4, -0.2) is 40.7 Å². The van der Waals surface area contributed by atoms with Gasteiger partial charge >= 0.3 is 0 Å². The van der Waals surface area contributed by atoms with Gasteiger partial charge in [-0.1, -0.05) is 0 Å². The number of aromatic nitrogens is 2. The number of likely N-dealkylation sites (tertiary alicyclic amines) is 1. The van der Waals surface area contributed by atoms with E-state index in [4.69, 9.17) is 4.74 Å². The summed E-state index contributed by atoms with van der Waals surface area (Å²) in [7, 11) is 0. The van der Waals surface area contributed by atoms with Crippen LogP contribution in [0.4, 0.5) is 0 Å². The molecule has 0 aromatic carbocycles. The molecule has 2 aliphatic heterocycles. The van der Waals surface area contributed by atoms with Crippen molar-refractivity contribution in [3.05, 3.63) is 39.8 Å². The number of piperidine rings is 1. The molecular weight excluding hydrogens is 310 g/mol. The van der Waals surface area contributed by atoms with E-state index >= 15 is 0 Å². The van der Waals surface area contributed by atoms with Gasteiger partial charge in [0.25, 0.3) is 0 Å². The zero-order chi connectivity index (χ0) is 15.6. The Labute approximate surface area is 139 Å². The van der Waals surface area contributed by atoms with Crippen LogP contribution in [0.1, 0.15) is 47.4 Å². The maximum absolute atomic E-state index is 12.7. The fourth-order valence-corrected chi connectivity index (χ4v) is 4.55. The highest BCUT2D eigenvalue weighted by Gasteiger charge is 2.29. The number of ether oxygens (including phenoxy) is 1. The van der Waals surface area contributed by atoms with Crippen molar-refractivity contribution in [2.75, 3.05) is 19.7 Å². The standard InChI is InChI=1S/C17H21N3O2S/c21-17(10-15-13-5-9-23-16(13)4-8-22-15)20-7-1-2-12(11-20)14-3-6-18-19-14/h3,5-6,9,12,15H,1-2,4,7-8,10-11H2,(H,18,19)/t12-,15+/m1/s1. The second-order valence-electron chi connectivity index (χ2n) is 6.30. The zero-order valence-electron chi connectivity index (χ0n) is 13.0. The van der Waals surface area contributed by atoms with E-state index in [-0.39, 0.29) is 12.0 Å². The molecular formula is C17H21N3O2S. The quantitative estimate of drug-likeness (QED) is 0.941. The highest BCUT2D eigenvalue weighted by Crippen LogP contribution is 2.34. The molecule has 0 saturated carbocycles. The summed E-state index contributed by atoms with van der Waals surface area (Å²) in [5, 5.41) is 9.18. The minimum Gasteiger partial charge on any atom is -0.373 e. The Kier molecular flexibility index (Phi) is 4.18. The van der Waals surface area contributed by atoms with Crippen LogP contribution in [0.25, 0.3) is 0 Å². The molecule has 0 spiro atoms. The lowest BCUT2D eigenvalue weighted by Gasteiger charge is -2.33. The van der Waals surface area contributed by atoms with Gasteiger partial charge < -0.3 is 9.64 Å².